The van der Waals surface area contributed by atoms with E-state index in [2.05, 4.69) is 20.1 Å². The van der Waals surface area contributed by atoms with Crippen LogP contribution in [0.3, 0.4) is 0 Å². The lowest BCUT2D eigenvalue weighted by molar-refractivity contribution is -0.137. The number of carbonyl (C=O) groups is 1. The van der Waals surface area contributed by atoms with E-state index in [1.807, 2.05) is 6.26 Å². The van der Waals surface area contributed by atoms with E-state index in [9.17, 15) is 18.0 Å². The predicted molar refractivity (Wildman–Crippen MR) is 113 cm³/mol. The van der Waals surface area contributed by atoms with Gasteiger partial charge in [0.2, 0.25) is 5.91 Å². The van der Waals surface area contributed by atoms with E-state index in [1.165, 1.54) is 18.9 Å². The van der Waals surface area contributed by atoms with Crippen LogP contribution in [0.1, 0.15) is 49.5 Å². The molecule has 2 aromatic rings. The van der Waals surface area contributed by atoms with Gasteiger partial charge in [-0.1, -0.05) is 30.7 Å². The third-order valence-corrected chi connectivity index (χ3v) is 6.68. The van der Waals surface area contributed by atoms with Crippen molar-refractivity contribution >= 4 is 29.4 Å². The second-order valence-electron chi connectivity index (χ2n) is 7.18. The van der Waals surface area contributed by atoms with Crippen LogP contribution in [0.2, 0.25) is 0 Å². The summed E-state index contributed by atoms with van der Waals surface area (Å²) in [5.41, 5.74) is -0.705. The van der Waals surface area contributed by atoms with Gasteiger partial charge >= 0.3 is 6.18 Å². The van der Waals surface area contributed by atoms with Crippen LogP contribution in [0.5, 0.6) is 0 Å². The number of hydrogen-bond acceptors (Lipinski definition) is 5. The van der Waals surface area contributed by atoms with Crippen molar-refractivity contribution in [1.82, 2.24) is 20.1 Å². The molecule has 0 bridgehead atoms. The first-order valence-corrected chi connectivity index (χ1v) is 12.1. The van der Waals surface area contributed by atoms with Crippen LogP contribution in [-0.2, 0) is 17.4 Å². The van der Waals surface area contributed by atoms with E-state index in [0.29, 0.717) is 17.5 Å². The van der Waals surface area contributed by atoms with Crippen LogP contribution in [0.25, 0.3) is 0 Å². The van der Waals surface area contributed by atoms with Crippen LogP contribution in [0.4, 0.5) is 13.2 Å². The SMILES string of the molecule is CSc1nnc(CCCNC(=O)CSc2cccc(C(F)(F)F)c2)n1C1CCCC1. The number of amides is 1. The maximum absolute atomic E-state index is 12.8. The molecule has 1 aromatic carbocycles. The summed E-state index contributed by atoms with van der Waals surface area (Å²) in [5.74, 6) is 0.842. The lowest BCUT2D eigenvalue weighted by Gasteiger charge is -2.16. The first-order chi connectivity index (χ1) is 14.4. The maximum Gasteiger partial charge on any atom is 0.416 e. The summed E-state index contributed by atoms with van der Waals surface area (Å²) >= 11 is 2.70. The van der Waals surface area contributed by atoms with Gasteiger partial charge in [0.25, 0.3) is 0 Å². The Labute approximate surface area is 182 Å². The Morgan fingerprint density at radius 2 is 2.03 bits per heavy atom. The predicted octanol–water partition coefficient (Wildman–Crippen LogP) is 4.98. The largest absolute Gasteiger partial charge is 0.416 e. The minimum atomic E-state index is -4.38. The number of aryl methyl sites for hydroxylation is 1. The van der Waals surface area contributed by atoms with Crippen molar-refractivity contribution in [3.63, 3.8) is 0 Å². The molecule has 1 amide bonds. The first-order valence-electron chi connectivity index (χ1n) is 9.93. The number of nitrogens with one attached hydrogen (secondary N) is 1. The van der Waals surface area contributed by atoms with E-state index in [1.54, 1.807) is 17.8 Å². The molecule has 3 rings (SSSR count). The van der Waals surface area contributed by atoms with Gasteiger partial charge < -0.3 is 9.88 Å². The van der Waals surface area contributed by atoms with Crippen LogP contribution >= 0.6 is 23.5 Å². The summed E-state index contributed by atoms with van der Waals surface area (Å²) in [6, 6.07) is 5.49. The zero-order valence-electron chi connectivity index (χ0n) is 16.7. The molecule has 1 aliphatic carbocycles. The lowest BCUT2D eigenvalue weighted by atomic mass is 10.2. The van der Waals surface area contributed by atoms with Gasteiger partial charge in [0.15, 0.2) is 5.16 Å². The minimum Gasteiger partial charge on any atom is -0.355 e. The summed E-state index contributed by atoms with van der Waals surface area (Å²) in [4.78, 5) is 12.5. The van der Waals surface area contributed by atoms with Gasteiger partial charge in [-0.3, -0.25) is 4.79 Å². The molecule has 10 heteroatoms. The van der Waals surface area contributed by atoms with E-state index >= 15 is 0 Å². The monoisotopic (exact) mass is 458 g/mol. The van der Waals surface area contributed by atoms with Crippen molar-refractivity contribution in [2.75, 3.05) is 18.6 Å². The minimum absolute atomic E-state index is 0.0796. The number of rotatable bonds is 9. The van der Waals surface area contributed by atoms with Crippen molar-refractivity contribution in [3.8, 4) is 0 Å². The van der Waals surface area contributed by atoms with Gasteiger partial charge in [0.05, 0.1) is 11.3 Å². The topological polar surface area (TPSA) is 59.8 Å². The molecule has 1 N–H and O–H groups in total. The second kappa shape index (κ2) is 10.6. The maximum atomic E-state index is 12.8. The normalized spacial score (nSPS) is 14.9. The molecule has 1 aliphatic rings. The number of aromatic nitrogens is 3. The molecule has 0 radical (unpaired) electrons. The number of thioether (sulfide) groups is 2. The van der Waals surface area contributed by atoms with Crippen molar-refractivity contribution in [2.45, 2.75) is 60.8 Å². The highest BCUT2D eigenvalue weighted by Crippen LogP contribution is 2.34. The molecule has 0 spiro atoms. The van der Waals surface area contributed by atoms with Crippen LogP contribution in [0.15, 0.2) is 34.3 Å². The van der Waals surface area contributed by atoms with Gasteiger partial charge in [0, 0.05) is 23.9 Å². The Bertz CT molecular complexity index is 851. The standard InChI is InChI=1S/C20H25F3N4OS2/c1-29-19-26-25-17(27(19)15-7-2-3-8-15)10-5-11-24-18(28)13-30-16-9-4-6-14(12-16)20(21,22)23/h4,6,9,12,15H,2-3,5,7-8,10-11,13H2,1H3,(H,24,28). The lowest BCUT2D eigenvalue weighted by Crippen LogP contribution is -2.26. The highest BCUT2D eigenvalue weighted by Gasteiger charge is 2.30. The molecule has 1 heterocycles. The molecule has 30 heavy (non-hydrogen) atoms. The number of alkyl halides is 3. The summed E-state index contributed by atoms with van der Waals surface area (Å²) in [5, 5.41) is 12.4. The fraction of sp³-hybridized carbons (Fsp3) is 0.550. The van der Waals surface area contributed by atoms with Gasteiger partial charge in [-0.15, -0.1) is 22.0 Å². The van der Waals surface area contributed by atoms with E-state index < -0.39 is 11.7 Å². The zero-order valence-corrected chi connectivity index (χ0v) is 18.4. The van der Waals surface area contributed by atoms with Crippen molar-refractivity contribution in [2.24, 2.45) is 0 Å². The third-order valence-electron chi connectivity index (χ3n) is 5.04. The van der Waals surface area contributed by atoms with Gasteiger partial charge in [-0.25, -0.2) is 0 Å². The van der Waals surface area contributed by atoms with Crippen LogP contribution < -0.4 is 5.32 Å². The molecular formula is C20H25F3N4OS2. The zero-order chi connectivity index (χ0) is 21.6. The van der Waals surface area contributed by atoms with Crippen molar-refractivity contribution in [1.29, 1.82) is 0 Å². The average molecular weight is 459 g/mol. The Morgan fingerprint density at radius 3 is 2.73 bits per heavy atom. The highest BCUT2D eigenvalue weighted by atomic mass is 32.2. The molecule has 5 nitrogen and oxygen atoms in total. The summed E-state index contributed by atoms with van der Waals surface area (Å²) in [6.07, 6.45) is 3.86. The van der Waals surface area contributed by atoms with E-state index in [0.717, 1.165) is 60.6 Å². The van der Waals surface area contributed by atoms with E-state index in [-0.39, 0.29) is 11.7 Å². The first kappa shape index (κ1) is 23.0. The Balaban J connectivity index is 1.43. The molecule has 0 saturated heterocycles. The molecule has 1 saturated carbocycles. The molecule has 0 aliphatic heterocycles. The number of carbonyl (C=O) groups excluding carboxylic acids is 1. The quantitative estimate of drug-likeness (QED) is 0.424. The van der Waals surface area contributed by atoms with Gasteiger partial charge in [0.1, 0.15) is 5.82 Å². The summed E-state index contributed by atoms with van der Waals surface area (Å²) < 4.78 is 40.5. The number of benzene rings is 1. The van der Waals surface area contributed by atoms with E-state index in [4.69, 9.17) is 0 Å². The summed E-state index contributed by atoms with van der Waals surface area (Å²) in [7, 11) is 0. The molecule has 1 aromatic heterocycles. The van der Waals surface area contributed by atoms with Gasteiger partial charge in [-0.05, 0) is 43.7 Å². The number of hydrogen-bond donors (Lipinski definition) is 1. The fourth-order valence-corrected chi connectivity index (χ4v) is 4.94. The molecule has 164 valence electrons. The highest BCUT2D eigenvalue weighted by molar-refractivity contribution is 8.00. The van der Waals surface area contributed by atoms with Gasteiger partial charge in [-0.2, -0.15) is 13.2 Å². The molecule has 0 atom stereocenters. The molecule has 1 fully saturated rings. The summed E-state index contributed by atoms with van der Waals surface area (Å²) in [6.45, 7) is 0.494. The number of halogens is 3. The fourth-order valence-electron chi connectivity index (χ4n) is 3.58. The molecule has 0 unspecified atom stereocenters. The van der Waals surface area contributed by atoms with Crippen LogP contribution in [0, 0.1) is 0 Å². The smallest absolute Gasteiger partial charge is 0.355 e. The van der Waals surface area contributed by atoms with Crippen molar-refractivity contribution in [3.05, 3.63) is 35.7 Å². The Morgan fingerprint density at radius 1 is 1.27 bits per heavy atom. The van der Waals surface area contributed by atoms with Crippen LogP contribution in [-0.4, -0.2) is 39.2 Å². The number of nitrogens with zero attached hydrogens (tertiary/aromatic N) is 3. The second-order valence-corrected chi connectivity index (χ2v) is 9.00. The Kier molecular flexibility index (Phi) is 8.10. The Hall–Kier alpha value is -1.68. The third kappa shape index (κ3) is 6.16. The molecular weight excluding hydrogens is 433 g/mol. The van der Waals surface area contributed by atoms with Crippen molar-refractivity contribution < 1.29 is 18.0 Å². The average Bonchev–Trinajstić information content (AvgIpc) is 3.38.